The van der Waals surface area contributed by atoms with Gasteiger partial charge in [-0.05, 0) is 9.71 Å². The van der Waals surface area contributed by atoms with Gasteiger partial charge in [-0.3, -0.25) is 0 Å². The molecule has 0 rings (SSSR count). The van der Waals surface area contributed by atoms with Crippen LogP contribution < -0.4 is 0 Å². The van der Waals surface area contributed by atoms with Crippen LogP contribution in [0.5, 0.6) is 0 Å². The van der Waals surface area contributed by atoms with Crippen molar-refractivity contribution in [2.75, 3.05) is 0 Å². The third-order valence-corrected chi connectivity index (χ3v) is 0.867. The van der Waals surface area contributed by atoms with Crippen molar-refractivity contribution in [3.8, 4) is 0 Å². The molecule has 1 atom stereocenters. The lowest BCUT2D eigenvalue weighted by molar-refractivity contribution is 1.69. The molecule has 6 heavy (non-hydrogen) atoms. The summed E-state index contributed by atoms with van der Waals surface area (Å²) < 4.78 is -0.0168. The van der Waals surface area contributed by atoms with E-state index in [4.69, 9.17) is 7.85 Å². The molecule has 1 unspecified atom stereocenters. The Balaban J connectivity index is 3.03. The first kappa shape index (κ1) is 6.76. The Labute approximate surface area is 55.7 Å². The smallest absolute Gasteiger partial charge is 0.0911 e. The van der Waals surface area contributed by atoms with Crippen LogP contribution in [0.4, 0.5) is 0 Å². The second-order valence-electron chi connectivity index (χ2n) is 0.763. The van der Waals surface area contributed by atoms with Crippen molar-refractivity contribution in [2.24, 2.45) is 0 Å². The molecule has 0 N–H and O–H groups in total. The third kappa shape index (κ3) is 4.76. The summed E-state index contributed by atoms with van der Waals surface area (Å²) in [6.07, 6.45) is 1.78. The zero-order valence-corrected chi connectivity index (χ0v) is 6.24. The molecule has 0 aromatic carbocycles. The summed E-state index contributed by atoms with van der Waals surface area (Å²) in [7, 11) is 5.20. The third-order valence-electron chi connectivity index (χ3n) is 0.257. The van der Waals surface area contributed by atoms with E-state index in [1.807, 2.05) is 0 Å². The molecule has 0 saturated carbocycles. The molecule has 0 aliphatic carbocycles. The lowest BCUT2D eigenvalue weighted by atomic mass is 10.1. The minimum absolute atomic E-state index is 0.0168. The lowest BCUT2D eigenvalue weighted by Gasteiger charge is -1.83. The lowest BCUT2D eigenvalue weighted by Crippen LogP contribution is -1.85. The van der Waals surface area contributed by atoms with E-state index < -0.39 is 0 Å². The van der Waals surface area contributed by atoms with Crippen LogP contribution in [0.15, 0.2) is 11.1 Å². The number of allylic oxidation sites excluding steroid dienone is 1. The largest absolute Gasteiger partial charge is 0.0953 e. The predicted molar refractivity (Wildman–Crippen MR) is 36.5 cm³/mol. The molecule has 0 fully saturated rings. The Morgan fingerprint density at radius 3 is 2.17 bits per heavy atom. The van der Waals surface area contributed by atoms with Crippen LogP contribution in [-0.2, 0) is 0 Å². The second-order valence-corrected chi connectivity index (χ2v) is 2.35. The molecule has 0 saturated heterocycles. The van der Waals surface area contributed by atoms with E-state index in [1.165, 1.54) is 0 Å². The van der Waals surface area contributed by atoms with Gasteiger partial charge in [0.25, 0.3) is 0 Å². The summed E-state index contributed by atoms with van der Waals surface area (Å²) in [6.45, 7) is 0. The van der Waals surface area contributed by atoms with E-state index in [1.54, 1.807) is 11.1 Å². The Hall–Kier alpha value is 0.765. The summed E-state index contributed by atoms with van der Waals surface area (Å²) in [5, 5.41) is 0. The Morgan fingerprint density at radius 1 is 1.67 bits per heavy atom. The van der Waals surface area contributed by atoms with Gasteiger partial charge in [0.1, 0.15) is 0 Å². The monoisotopic (exact) mass is 208 g/mol. The summed E-state index contributed by atoms with van der Waals surface area (Å²) >= 11 is 6.15. The highest BCUT2D eigenvalue weighted by molar-refractivity contribution is 9.11. The molecule has 0 aromatic rings. The molecular formula is C3H3BBr2. The number of alkyl halides is 1. The predicted octanol–water partition coefficient (Wildman–Crippen LogP) is 1.78. The van der Waals surface area contributed by atoms with Gasteiger partial charge in [-0.1, -0.05) is 37.9 Å². The minimum Gasteiger partial charge on any atom is -0.0953 e. The number of halogens is 2. The van der Waals surface area contributed by atoms with Gasteiger partial charge in [-0.15, -0.1) is 0 Å². The highest BCUT2D eigenvalue weighted by Gasteiger charge is 1.79. The average Bonchev–Trinajstić information content (AvgIpc) is 1.35. The Morgan fingerprint density at radius 2 is 2.17 bits per heavy atom. The van der Waals surface area contributed by atoms with Gasteiger partial charge >= 0.3 is 0 Å². The van der Waals surface area contributed by atoms with Gasteiger partial charge in [-0.2, -0.15) is 0 Å². The van der Waals surface area contributed by atoms with Crippen LogP contribution >= 0.6 is 31.9 Å². The fraction of sp³-hybridized carbons (Fsp3) is 0.333. The van der Waals surface area contributed by atoms with Crippen LogP contribution in [0, 0.1) is 0 Å². The van der Waals surface area contributed by atoms with Crippen LogP contribution in [0.2, 0.25) is 0 Å². The zero-order valence-electron chi connectivity index (χ0n) is 3.07. The van der Waals surface area contributed by atoms with Gasteiger partial charge in [0.2, 0.25) is 0 Å². The minimum atomic E-state index is -0.0168. The number of rotatable bonds is 1. The highest BCUT2D eigenvalue weighted by atomic mass is 79.9. The van der Waals surface area contributed by atoms with E-state index in [9.17, 15) is 0 Å². The number of hydrogen-bond donors (Lipinski definition) is 0. The first-order valence-electron chi connectivity index (χ1n) is 1.44. The van der Waals surface area contributed by atoms with E-state index >= 15 is 0 Å². The van der Waals surface area contributed by atoms with Crippen molar-refractivity contribution in [1.82, 2.24) is 0 Å². The average molecular weight is 210 g/mol. The summed E-state index contributed by atoms with van der Waals surface area (Å²) in [6, 6.07) is 0. The maximum atomic E-state index is 5.20. The van der Waals surface area contributed by atoms with Gasteiger partial charge in [0.15, 0.2) is 0 Å². The van der Waals surface area contributed by atoms with E-state index in [0.29, 0.717) is 0 Å². The molecule has 0 amide bonds. The summed E-state index contributed by atoms with van der Waals surface area (Å²) in [5.41, 5.74) is 0. The van der Waals surface area contributed by atoms with Crippen molar-refractivity contribution in [3.63, 3.8) is 0 Å². The van der Waals surface area contributed by atoms with Crippen molar-refractivity contribution >= 4 is 39.7 Å². The fourth-order valence-corrected chi connectivity index (χ4v) is 0.961. The van der Waals surface area contributed by atoms with Crippen molar-refractivity contribution < 1.29 is 0 Å². The van der Waals surface area contributed by atoms with Crippen molar-refractivity contribution in [2.45, 2.75) is 4.73 Å². The second kappa shape index (κ2) is 3.94. The van der Waals surface area contributed by atoms with E-state index in [2.05, 4.69) is 31.9 Å². The molecule has 3 heteroatoms. The molecule has 0 aliphatic rings. The summed E-state index contributed by atoms with van der Waals surface area (Å²) in [5.74, 6) is 0. The number of hydrogen-bond acceptors (Lipinski definition) is 0. The molecule has 32 valence electrons. The van der Waals surface area contributed by atoms with Crippen LogP contribution in [0.1, 0.15) is 0 Å². The molecule has 2 radical (unpaired) electrons. The topological polar surface area (TPSA) is 0 Å². The molecule has 0 bridgehead atoms. The van der Waals surface area contributed by atoms with E-state index in [-0.39, 0.29) is 4.73 Å². The SMILES string of the molecule is [B]C(Br)C=CBr. The standard InChI is InChI=1S/C3H3BBr2/c4-3(6)1-2-5/h1-3H. The zero-order chi connectivity index (χ0) is 4.99. The molecule has 0 aliphatic heterocycles. The maximum absolute atomic E-state index is 5.20. The quantitative estimate of drug-likeness (QED) is 0.456. The van der Waals surface area contributed by atoms with Gasteiger partial charge in [-0.25, -0.2) is 0 Å². The molecule has 0 aromatic heterocycles. The van der Waals surface area contributed by atoms with E-state index in [0.717, 1.165) is 0 Å². The van der Waals surface area contributed by atoms with Crippen molar-refractivity contribution in [3.05, 3.63) is 11.1 Å². The van der Waals surface area contributed by atoms with Crippen LogP contribution in [0.3, 0.4) is 0 Å². The first-order valence-corrected chi connectivity index (χ1v) is 3.27. The van der Waals surface area contributed by atoms with Crippen molar-refractivity contribution in [1.29, 1.82) is 0 Å². The maximum Gasteiger partial charge on any atom is 0.0911 e. The van der Waals surface area contributed by atoms with Crippen LogP contribution in [-0.4, -0.2) is 12.6 Å². The molecule has 0 spiro atoms. The molecular weight excluding hydrogens is 207 g/mol. The van der Waals surface area contributed by atoms with Gasteiger partial charge < -0.3 is 0 Å². The first-order chi connectivity index (χ1) is 2.77. The van der Waals surface area contributed by atoms with Gasteiger partial charge in [0, 0.05) is 0 Å². The summed E-state index contributed by atoms with van der Waals surface area (Å²) in [4.78, 5) is 1.71. The molecule has 0 heterocycles. The fourth-order valence-electron chi connectivity index (χ4n) is 0.0695. The highest BCUT2D eigenvalue weighted by Crippen LogP contribution is 1.95. The van der Waals surface area contributed by atoms with Gasteiger partial charge in [0.05, 0.1) is 7.85 Å². The Bertz CT molecular complexity index is 50.8. The van der Waals surface area contributed by atoms with Crippen LogP contribution in [0.25, 0.3) is 0 Å². The molecule has 0 nitrogen and oxygen atoms in total. The Kier molecular flexibility index (Phi) is 4.44. The normalized spacial score (nSPS) is 15.7.